The largest absolute Gasteiger partial charge is 0.408 e. The lowest BCUT2D eigenvalue weighted by Crippen LogP contribution is -2.43. The normalized spacial score (nSPS) is 14.6. The number of anilines is 2. The van der Waals surface area contributed by atoms with E-state index in [-0.39, 0.29) is 11.5 Å². The first-order valence-corrected chi connectivity index (χ1v) is 9.67. The van der Waals surface area contributed by atoms with E-state index in [0.717, 1.165) is 19.9 Å². The average Bonchev–Trinajstić information content (AvgIpc) is 2.74. The quantitative estimate of drug-likeness (QED) is 0.583. The van der Waals surface area contributed by atoms with Crippen LogP contribution in [0.4, 0.5) is 24.5 Å². The van der Waals surface area contributed by atoms with E-state index in [1.54, 1.807) is 36.4 Å². The zero-order valence-electron chi connectivity index (χ0n) is 16.7. The number of carbonyl (C=O) groups is 2. The van der Waals surface area contributed by atoms with Crippen molar-refractivity contribution in [2.24, 2.45) is 4.99 Å². The second kappa shape index (κ2) is 9.50. The predicted molar refractivity (Wildman–Crippen MR) is 112 cm³/mol. The van der Waals surface area contributed by atoms with E-state index in [9.17, 15) is 22.8 Å². The van der Waals surface area contributed by atoms with Crippen LogP contribution in [0, 0.1) is 0 Å². The third-order valence-corrected chi connectivity index (χ3v) is 4.53. The van der Waals surface area contributed by atoms with E-state index in [1.807, 2.05) is 5.32 Å². The summed E-state index contributed by atoms with van der Waals surface area (Å²) in [5.74, 6) is -0.662. The van der Waals surface area contributed by atoms with Gasteiger partial charge in [-0.2, -0.15) is 13.2 Å². The number of hydrogen-bond donors (Lipinski definition) is 4. The van der Waals surface area contributed by atoms with Crippen LogP contribution >= 0.6 is 0 Å². The fraction of sp³-hybridized carbons (Fsp3) is 0.286. The van der Waals surface area contributed by atoms with E-state index in [4.69, 9.17) is 0 Å². The molecule has 0 saturated carbocycles. The number of benzene rings is 2. The van der Waals surface area contributed by atoms with E-state index >= 15 is 0 Å². The minimum absolute atomic E-state index is 0.0952. The van der Waals surface area contributed by atoms with Gasteiger partial charge in [-0.05, 0) is 55.8 Å². The SMILES string of the molecule is CC(NC(=O)c1cccc(Nc2ccc(C(=O)NC3=NCCCN3)cc2)c1)C(F)(F)F. The molecule has 2 aromatic carbocycles. The summed E-state index contributed by atoms with van der Waals surface area (Å²) in [5, 5.41) is 10.7. The van der Waals surface area contributed by atoms with E-state index in [2.05, 4.69) is 20.9 Å². The second-order valence-electron chi connectivity index (χ2n) is 6.98. The Morgan fingerprint density at radius 2 is 1.77 bits per heavy atom. The number of amides is 2. The summed E-state index contributed by atoms with van der Waals surface area (Å²) < 4.78 is 37.9. The van der Waals surface area contributed by atoms with Crippen LogP contribution in [0.15, 0.2) is 53.5 Å². The van der Waals surface area contributed by atoms with Crippen LogP contribution < -0.4 is 21.3 Å². The van der Waals surface area contributed by atoms with Crippen LogP contribution in [0.1, 0.15) is 34.1 Å². The third-order valence-electron chi connectivity index (χ3n) is 4.53. The first-order valence-electron chi connectivity index (χ1n) is 9.67. The van der Waals surface area contributed by atoms with E-state index in [0.29, 0.717) is 29.4 Å². The number of rotatable bonds is 5. The lowest BCUT2D eigenvalue weighted by Gasteiger charge is -2.17. The molecule has 7 nitrogen and oxygen atoms in total. The Morgan fingerprint density at radius 1 is 1.03 bits per heavy atom. The Morgan fingerprint density at radius 3 is 2.42 bits per heavy atom. The van der Waals surface area contributed by atoms with Gasteiger partial charge in [0.2, 0.25) is 0 Å². The van der Waals surface area contributed by atoms with Gasteiger partial charge in [-0.15, -0.1) is 0 Å². The van der Waals surface area contributed by atoms with Gasteiger partial charge in [0.1, 0.15) is 6.04 Å². The Labute approximate surface area is 177 Å². The van der Waals surface area contributed by atoms with Gasteiger partial charge >= 0.3 is 6.18 Å². The number of guanidine groups is 1. The third kappa shape index (κ3) is 6.21. The van der Waals surface area contributed by atoms with Crippen molar-refractivity contribution in [3.8, 4) is 0 Å². The molecule has 0 fully saturated rings. The van der Waals surface area contributed by atoms with Crippen molar-refractivity contribution in [1.82, 2.24) is 16.0 Å². The number of halogens is 3. The summed E-state index contributed by atoms with van der Waals surface area (Å²) in [6.45, 7) is 2.31. The van der Waals surface area contributed by atoms with E-state index < -0.39 is 18.1 Å². The fourth-order valence-corrected chi connectivity index (χ4v) is 2.77. The highest BCUT2D eigenvalue weighted by atomic mass is 19.4. The predicted octanol–water partition coefficient (Wildman–Crippen LogP) is 3.19. The van der Waals surface area contributed by atoms with E-state index in [1.165, 1.54) is 12.1 Å². The molecule has 31 heavy (non-hydrogen) atoms. The van der Waals surface area contributed by atoms with Gasteiger partial charge in [0.15, 0.2) is 5.96 Å². The molecule has 10 heteroatoms. The summed E-state index contributed by atoms with van der Waals surface area (Å²) >= 11 is 0. The zero-order valence-corrected chi connectivity index (χ0v) is 16.7. The Hall–Kier alpha value is -3.56. The summed E-state index contributed by atoms with van der Waals surface area (Å²) in [4.78, 5) is 28.6. The van der Waals surface area contributed by atoms with Gasteiger partial charge in [-0.25, -0.2) is 0 Å². The molecule has 4 N–H and O–H groups in total. The average molecular weight is 433 g/mol. The molecule has 2 aromatic rings. The number of hydrogen-bond acceptors (Lipinski definition) is 5. The Balaban J connectivity index is 1.62. The number of aliphatic imine (C=N–C) groups is 1. The molecule has 1 atom stereocenters. The molecule has 0 spiro atoms. The van der Waals surface area contributed by atoms with Gasteiger partial charge in [0, 0.05) is 35.6 Å². The van der Waals surface area contributed by atoms with Crippen LogP contribution in [0.25, 0.3) is 0 Å². The molecule has 1 aliphatic rings. The highest BCUT2D eigenvalue weighted by molar-refractivity contribution is 6.06. The summed E-state index contributed by atoms with van der Waals surface area (Å²) in [7, 11) is 0. The van der Waals surface area contributed by atoms with Gasteiger partial charge in [-0.1, -0.05) is 6.07 Å². The van der Waals surface area contributed by atoms with Crippen molar-refractivity contribution in [3.05, 3.63) is 59.7 Å². The standard InChI is InChI=1S/C21H22F3N5O2/c1-13(21(22,23)24)27-19(31)15-4-2-5-17(12-15)28-16-8-6-14(7-9-16)18(30)29-20-25-10-3-11-26-20/h2,4-9,12-13,28H,3,10-11H2,1H3,(H,27,31)(H2,25,26,29,30). The minimum Gasteiger partial charge on any atom is -0.356 e. The van der Waals surface area contributed by atoms with Crippen LogP contribution in [0.3, 0.4) is 0 Å². The van der Waals surface area contributed by atoms with Crippen molar-refractivity contribution in [2.75, 3.05) is 18.4 Å². The van der Waals surface area contributed by atoms with Crippen molar-refractivity contribution in [3.63, 3.8) is 0 Å². The maximum absolute atomic E-state index is 12.6. The fourth-order valence-electron chi connectivity index (χ4n) is 2.77. The van der Waals surface area contributed by atoms with Crippen LogP contribution in [-0.4, -0.2) is 43.1 Å². The van der Waals surface area contributed by atoms with Crippen molar-refractivity contribution in [2.45, 2.75) is 25.6 Å². The molecule has 3 rings (SSSR count). The number of nitrogens with zero attached hydrogens (tertiary/aromatic N) is 1. The van der Waals surface area contributed by atoms with Crippen molar-refractivity contribution in [1.29, 1.82) is 0 Å². The molecule has 0 aromatic heterocycles. The monoisotopic (exact) mass is 433 g/mol. The molecular formula is C21H22F3N5O2. The van der Waals surface area contributed by atoms with Crippen molar-refractivity contribution >= 4 is 29.1 Å². The first kappa shape index (κ1) is 22.1. The second-order valence-corrected chi connectivity index (χ2v) is 6.98. The van der Waals surface area contributed by atoms with Gasteiger partial charge in [0.05, 0.1) is 0 Å². The Kier molecular flexibility index (Phi) is 6.78. The maximum Gasteiger partial charge on any atom is 0.408 e. The highest BCUT2D eigenvalue weighted by Crippen LogP contribution is 2.21. The summed E-state index contributed by atoms with van der Waals surface area (Å²) in [6.07, 6.45) is -3.59. The lowest BCUT2D eigenvalue weighted by atomic mass is 10.1. The lowest BCUT2D eigenvalue weighted by molar-refractivity contribution is -0.149. The molecule has 0 radical (unpaired) electrons. The zero-order chi connectivity index (χ0) is 22.4. The van der Waals surface area contributed by atoms with Crippen molar-refractivity contribution < 1.29 is 22.8 Å². The van der Waals surface area contributed by atoms with Gasteiger partial charge in [-0.3, -0.25) is 19.9 Å². The Bertz CT molecular complexity index is 974. The summed E-state index contributed by atoms with van der Waals surface area (Å²) in [6, 6.07) is 10.8. The van der Waals surface area contributed by atoms with Crippen LogP contribution in [-0.2, 0) is 0 Å². The molecule has 1 aliphatic heterocycles. The molecule has 2 amide bonds. The van der Waals surface area contributed by atoms with Gasteiger partial charge in [0.25, 0.3) is 11.8 Å². The topological polar surface area (TPSA) is 94.6 Å². The molecule has 0 aliphatic carbocycles. The molecule has 0 bridgehead atoms. The molecular weight excluding hydrogens is 411 g/mol. The maximum atomic E-state index is 12.6. The first-order chi connectivity index (χ1) is 14.7. The molecule has 164 valence electrons. The van der Waals surface area contributed by atoms with Crippen LogP contribution in [0.2, 0.25) is 0 Å². The highest BCUT2D eigenvalue weighted by Gasteiger charge is 2.37. The molecule has 1 unspecified atom stereocenters. The number of carbonyl (C=O) groups excluding carboxylic acids is 2. The molecule has 1 heterocycles. The molecule has 0 saturated heterocycles. The van der Waals surface area contributed by atoms with Gasteiger partial charge < -0.3 is 16.0 Å². The number of nitrogens with one attached hydrogen (secondary N) is 4. The summed E-state index contributed by atoms with van der Waals surface area (Å²) in [5.41, 5.74) is 1.70. The minimum atomic E-state index is -4.51. The smallest absolute Gasteiger partial charge is 0.356 e. The number of alkyl halides is 3. The van der Waals surface area contributed by atoms with Crippen LogP contribution in [0.5, 0.6) is 0 Å².